The molecule has 2 rings (SSSR count). The van der Waals surface area contributed by atoms with Crippen molar-refractivity contribution in [3.05, 3.63) is 36.0 Å². The van der Waals surface area contributed by atoms with E-state index in [2.05, 4.69) is 52.7 Å². The normalized spacial score (nSPS) is 11.5. The Balaban J connectivity index is 1.78. The van der Waals surface area contributed by atoms with Gasteiger partial charge in [0, 0.05) is 23.6 Å². The number of H-pyrrole nitrogens is 1. The van der Waals surface area contributed by atoms with Crippen LogP contribution in [0.1, 0.15) is 18.4 Å². The summed E-state index contributed by atoms with van der Waals surface area (Å²) in [6.07, 6.45) is 5.80. The molecule has 3 nitrogen and oxygen atoms in total. The first kappa shape index (κ1) is 14.1. The minimum absolute atomic E-state index is 1.12. The van der Waals surface area contributed by atoms with Gasteiger partial charge in [-0.15, -0.1) is 0 Å². The summed E-state index contributed by atoms with van der Waals surface area (Å²) in [6, 6.07) is 8.53. The number of hydrogen-bond donors (Lipinski definition) is 2. The molecule has 1 aromatic carbocycles. The van der Waals surface area contributed by atoms with Gasteiger partial charge in [-0.05, 0) is 58.1 Å². The Morgan fingerprint density at radius 2 is 2.00 bits per heavy atom. The van der Waals surface area contributed by atoms with Crippen LogP contribution in [0, 0.1) is 0 Å². The van der Waals surface area contributed by atoms with E-state index in [9.17, 15) is 0 Å². The zero-order valence-corrected chi connectivity index (χ0v) is 12.1. The van der Waals surface area contributed by atoms with Crippen LogP contribution in [0.4, 0.5) is 0 Å². The molecule has 0 aliphatic rings. The highest BCUT2D eigenvalue weighted by atomic mass is 15.1. The van der Waals surface area contributed by atoms with E-state index < -0.39 is 0 Å². The summed E-state index contributed by atoms with van der Waals surface area (Å²) >= 11 is 0. The maximum Gasteiger partial charge on any atom is 0.0456 e. The van der Waals surface area contributed by atoms with Gasteiger partial charge in [-0.1, -0.05) is 18.2 Å². The lowest BCUT2D eigenvalue weighted by atomic mass is 10.1. The molecule has 0 spiro atoms. The van der Waals surface area contributed by atoms with Crippen molar-refractivity contribution in [2.24, 2.45) is 0 Å². The SMILES string of the molecule is CNCCCCN(C)CCc1c[nH]c2ccccc12. The summed E-state index contributed by atoms with van der Waals surface area (Å²) in [5, 5.41) is 4.56. The number of benzene rings is 1. The third kappa shape index (κ3) is 4.08. The van der Waals surface area contributed by atoms with Crippen LogP contribution < -0.4 is 5.32 Å². The highest BCUT2D eigenvalue weighted by molar-refractivity contribution is 5.83. The van der Waals surface area contributed by atoms with Gasteiger partial charge in [-0.3, -0.25) is 0 Å². The number of hydrogen-bond acceptors (Lipinski definition) is 2. The fraction of sp³-hybridized carbons (Fsp3) is 0.500. The number of aromatic amines is 1. The third-order valence-corrected chi connectivity index (χ3v) is 3.65. The number of nitrogens with zero attached hydrogens (tertiary/aromatic N) is 1. The molecule has 0 aliphatic carbocycles. The maximum atomic E-state index is 3.35. The molecule has 0 saturated carbocycles. The average Bonchev–Trinajstić information content (AvgIpc) is 2.85. The second-order valence-corrected chi connectivity index (χ2v) is 5.22. The molecular weight excluding hydrogens is 234 g/mol. The molecule has 0 fully saturated rings. The monoisotopic (exact) mass is 259 g/mol. The van der Waals surface area contributed by atoms with E-state index >= 15 is 0 Å². The van der Waals surface area contributed by atoms with E-state index in [1.807, 2.05) is 7.05 Å². The van der Waals surface area contributed by atoms with Crippen molar-refractivity contribution in [1.82, 2.24) is 15.2 Å². The quantitative estimate of drug-likeness (QED) is 0.714. The fourth-order valence-electron chi connectivity index (χ4n) is 2.45. The summed E-state index contributed by atoms with van der Waals surface area (Å²) < 4.78 is 0. The molecule has 0 amide bonds. The highest BCUT2D eigenvalue weighted by Gasteiger charge is 2.04. The van der Waals surface area contributed by atoms with Crippen molar-refractivity contribution >= 4 is 10.9 Å². The Bertz CT molecular complexity index is 489. The van der Waals surface area contributed by atoms with Gasteiger partial charge in [0.2, 0.25) is 0 Å². The number of unbranched alkanes of at least 4 members (excludes halogenated alkanes) is 1. The van der Waals surface area contributed by atoms with Crippen LogP contribution in [-0.2, 0) is 6.42 Å². The van der Waals surface area contributed by atoms with Gasteiger partial charge in [0.25, 0.3) is 0 Å². The van der Waals surface area contributed by atoms with E-state index in [-0.39, 0.29) is 0 Å². The van der Waals surface area contributed by atoms with Crippen molar-refractivity contribution in [3.8, 4) is 0 Å². The Labute approximate surface area is 116 Å². The average molecular weight is 259 g/mol. The lowest BCUT2D eigenvalue weighted by molar-refractivity contribution is 0.330. The molecule has 2 aromatic rings. The molecule has 0 atom stereocenters. The molecule has 1 heterocycles. The summed E-state index contributed by atoms with van der Waals surface area (Å²) in [5.74, 6) is 0. The first-order chi connectivity index (χ1) is 9.31. The molecular formula is C16H25N3. The molecule has 1 aromatic heterocycles. The van der Waals surface area contributed by atoms with E-state index in [4.69, 9.17) is 0 Å². The fourth-order valence-corrected chi connectivity index (χ4v) is 2.45. The third-order valence-electron chi connectivity index (χ3n) is 3.65. The van der Waals surface area contributed by atoms with E-state index in [0.29, 0.717) is 0 Å². The van der Waals surface area contributed by atoms with Crippen LogP contribution in [0.2, 0.25) is 0 Å². The van der Waals surface area contributed by atoms with E-state index in [0.717, 1.165) is 19.5 Å². The first-order valence-corrected chi connectivity index (χ1v) is 7.19. The van der Waals surface area contributed by atoms with Gasteiger partial charge in [-0.2, -0.15) is 0 Å². The number of nitrogens with one attached hydrogen (secondary N) is 2. The van der Waals surface area contributed by atoms with Crippen molar-refractivity contribution in [2.45, 2.75) is 19.3 Å². The lowest BCUT2D eigenvalue weighted by Crippen LogP contribution is -2.23. The second kappa shape index (κ2) is 7.31. The Hall–Kier alpha value is -1.32. The Kier molecular flexibility index (Phi) is 5.43. The van der Waals surface area contributed by atoms with Gasteiger partial charge in [0.15, 0.2) is 0 Å². The largest absolute Gasteiger partial charge is 0.361 e. The molecule has 2 N–H and O–H groups in total. The molecule has 0 radical (unpaired) electrons. The van der Waals surface area contributed by atoms with Crippen molar-refractivity contribution < 1.29 is 0 Å². The van der Waals surface area contributed by atoms with Gasteiger partial charge in [0.1, 0.15) is 0 Å². The molecule has 0 saturated heterocycles. The number of aromatic nitrogens is 1. The number of rotatable bonds is 8. The summed E-state index contributed by atoms with van der Waals surface area (Å²) in [4.78, 5) is 5.77. The molecule has 19 heavy (non-hydrogen) atoms. The highest BCUT2D eigenvalue weighted by Crippen LogP contribution is 2.18. The van der Waals surface area contributed by atoms with Crippen LogP contribution in [0.25, 0.3) is 10.9 Å². The predicted molar refractivity (Wildman–Crippen MR) is 82.7 cm³/mol. The topological polar surface area (TPSA) is 31.1 Å². The Morgan fingerprint density at radius 1 is 1.16 bits per heavy atom. The zero-order chi connectivity index (χ0) is 13.5. The minimum Gasteiger partial charge on any atom is -0.361 e. The summed E-state index contributed by atoms with van der Waals surface area (Å²) in [5.41, 5.74) is 2.67. The zero-order valence-electron chi connectivity index (χ0n) is 12.1. The minimum atomic E-state index is 1.12. The molecule has 3 heteroatoms. The van der Waals surface area contributed by atoms with Crippen LogP contribution in [-0.4, -0.2) is 43.6 Å². The van der Waals surface area contributed by atoms with Crippen molar-refractivity contribution in [3.63, 3.8) is 0 Å². The van der Waals surface area contributed by atoms with Crippen molar-refractivity contribution in [2.75, 3.05) is 33.7 Å². The molecule has 0 unspecified atom stereocenters. The maximum absolute atomic E-state index is 3.35. The number of para-hydroxylation sites is 1. The van der Waals surface area contributed by atoms with Crippen LogP contribution in [0.15, 0.2) is 30.5 Å². The standard InChI is InChI=1S/C16H25N3/c1-17-10-5-6-11-19(2)12-9-14-13-18-16-8-4-3-7-15(14)16/h3-4,7-8,13,17-18H,5-6,9-12H2,1-2H3. The van der Waals surface area contributed by atoms with Crippen LogP contribution >= 0.6 is 0 Å². The van der Waals surface area contributed by atoms with Gasteiger partial charge in [0.05, 0.1) is 0 Å². The lowest BCUT2D eigenvalue weighted by Gasteiger charge is -2.16. The van der Waals surface area contributed by atoms with E-state index in [1.165, 1.54) is 35.9 Å². The summed E-state index contributed by atoms with van der Waals surface area (Å²) in [6.45, 7) is 3.43. The van der Waals surface area contributed by atoms with Gasteiger partial charge in [-0.25, -0.2) is 0 Å². The predicted octanol–water partition coefficient (Wildman–Crippen LogP) is 2.64. The number of likely N-dealkylation sites (N-methyl/N-ethyl adjacent to an activating group) is 1. The van der Waals surface area contributed by atoms with E-state index in [1.54, 1.807) is 0 Å². The first-order valence-electron chi connectivity index (χ1n) is 7.19. The molecule has 0 aliphatic heterocycles. The van der Waals surface area contributed by atoms with Crippen LogP contribution in [0.3, 0.4) is 0 Å². The van der Waals surface area contributed by atoms with Crippen molar-refractivity contribution in [1.29, 1.82) is 0 Å². The Morgan fingerprint density at radius 3 is 2.84 bits per heavy atom. The summed E-state index contributed by atoms with van der Waals surface area (Å²) in [7, 11) is 4.23. The van der Waals surface area contributed by atoms with Crippen LogP contribution in [0.5, 0.6) is 0 Å². The van der Waals surface area contributed by atoms with Gasteiger partial charge >= 0.3 is 0 Å². The number of fused-ring (bicyclic) bond motifs is 1. The smallest absolute Gasteiger partial charge is 0.0456 e. The molecule has 104 valence electrons. The second-order valence-electron chi connectivity index (χ2n) is 5.22. The molecule has 0 bridgehead atoms. The van der Waals surface area contributed by atoms with Gasteiger partial charge < -0.3 is 15.2 Å².